The predicted molar refractivity (Wildman–Crippen MR) is 96.6 cm³/mol. The smallest absolute Gasteiger partial charge is 0.161 e. The Balaban J connectivity index is 1.77. The molecular weight excluding hydrogens is 298 g/mol. The van der Waals surface area contributed by atoms with Gasteiger partial charge in [-0.1, -0.05) is 36.4 Å². The SMILES string of the molecule is Nc1c(-c2ccccc2)cc(NCc2cccnc2)c2nccn12. The highest BCUT2D eigenvalue weighted by atomic mass is 15.1. The van der Waals surface area contributed by atoms with E-state index in [0.29, 0.717) is 12.4 Å². The standard InChI is InChI=1S/C19H17N5/c20-18-16(15-6-2-1-3-7-15)11-17(19-22-9-10-24(18)19)23-13-14-5-4-8-21-12-14/h1-12,23H,13,20H2. The van der Waals surface area contributed by atoms with Crippen molar-refractivity contribution < 1.29 is 0 Å². The molecule has 118 valence electrons. The number of nitrogen functional groups attached to an aromatic ring is 1. The third kappa shape index (κ3) is 2.56. The summed E-state index contributed by atoms with van der Waals surface area (Å²) in [6, 6.07) is 16.2. The monoisotopic (exact) mass is 315 g/mol. The van der Waals surface area contributed by atoms with Crippen molar-refractivity contribution in [3.63, 3.8) is 0 Å². The second-order valence-corrected chi connectivity index (χ2v) is 5.56. The quantitative estimate of drug-likeness (QED) is 0.604. The highest BCUT2D eigenvalue weighted by Gasteiger charge is 2.12. The van der Waals surface area contributed by atoms with Gasteiger partial charge in [-0.2, -0.15) is 0 Å². The third-order valence-corrected chi connectivity index (χ3v) is 4.00. The Hall–Kier alpha value is -3.34. The van der Waals surface area contributed by atoms with E-state index in [1.54, 1.807) is 12.4 Å². The molecule has 0 aliphatic heterocycles. The summed E-state index contributed by atoms with van der Waals surface area (Å²) in [4.78, 5) is 8.58. The Morgan fingerprint density at radius 3 is 2.71 bits per heavy atom. The van der Waals surface area contributed by atoms with Gasteiger partial charge in [0.2, 0.25) is 0 Å². The topological polar surface area (TPSA) is 68.2 Å². The van der Waals surface area contributed by atoms with Gasteiger partial charge in [0, 0.05) is 36.9 Å². The van der Waals surface area contributed by atoms with Gasteiger partial charge in [0.1, 0.15) is 5.82 Å². The van der Waals surface area contributed by atoms with Crippen molar-refractivity contribution in [3.05, 3.63) is 78.9 Å². The van der Waals surface area contributed by atoms with Crippen LogP contribution in [0.25, 0.3) is 16.8 Å². The summed E-state index contributed by atoms with van der Waals surface area (Å²) in [5.41, 5.74) is 11.3. The van der Waals surface area contributed by atoms with Crippen LogP contribution in [0.5, 0.6) is 0 Å². The van der Waals surface area contributed by atoms with E-state index in [2.05, 4.69) is 33.5 Å². The first kappa shape index (κ1) is 14.3. The second kappa shape index (κ2) is 6.04. The molecule has 5 nitrogen and oxygen atoms in total. The largest absolute Gasteiger partial charge is 0.384 e. The number of anilines is 2. The molecule has 0 spiro atoms. The van der Waals surface area contributed by atoms with Crippen molar-refractivity contribution in [3.8, 4) is 11.1 Å². The summed E-state index contributed by atoms with van der Waals surface area (Å²) in [6.45, 7) is 0.675. The fourth-order valence-corrected chi connectivity index (χ4v) is 2.79. The molecule has 4 rings (SSSR count). The van der Waals surface area contributed by atoms with Crippen LogP contribution in [0.2, 0.25) is 0 Å². The fourth-order valence-electron chi connectivity index (χ4n) is 2.79. The lowest BCUT2D eigenvalue weighted by atomic mass is 10.1. The Kier molecular flexibility index (Phi) is 3.59. The molecule has 5 heteroatoms. The van der Waals surface area contributed by atoms with Gasteiger partial charge in [-0.3, -0.25) is 9.38 Å². The lowest BCUT2D eigenvalue weighted by molar-refractivity contribution is 1.10. The zero-order valence-corrected chi connectivity index (χ0v) is 13.1. The van der Waals surface area contributed by atoms with E-state index in [0.717, 1.165) is 28.0 Å². The zero-order valence-electron chi connectivity index (χ0n) is 13.1. The normalized spacial score (nSPS) is 10.8. The molecule has 0 atom stereocenters. The predicted octanol–water partition coefficient (Wildman–Crippen LogP) is 3.59. The maximum atomic E-state index is 6.36. The van der Waals surface area contributed by atoms with Gasteiger partial charge in [-0.25, -0.2) is 4.98 Å². The van der Waals surface area contributed by atoms with Crippen molar-refractivity contribution in [1.29, 1.82) is 0 Å². The molecule has 0 aliphatic rings. The van der Waals surface area contributed by atoms with Gasteiger partial charge < -0.3 is 11.1 Å². The summed E-state index contributed by atoms with van der Waals surface area (Å²) in [5, 5.41) is 3.45. The number of nitrogens with two attached hydrogens (primary N) is 1. The van der Waals surface area contributed by atoms with Crippen LogP contribution in [-0.2, 0) is 6.54 Å². The van der Waals surface area contributed by atoms with E-state index in [4.69, 9.17) is 5.73 Å². The van der Waals surface area contributed by atoms with Gasteiger partial charge in [-0.05, 0) is 23.3 Å². The summed E-state index contributed by atoms with van der Waals surface area (Å²) >= 11 is 0. The Morgan fingerprint density at radius 1 is 1.04 bits per heavy atom. The molecule has 4 aromatic rings. The van der Waals surface area contributed by atoms with Crippen LogP contribution in [-0.4, -0.2) is 14.4 Å². The van der Waals surface area contributed by atoms with Gasteiger partial charge >= 0.3 is 0 Å². The number of benzene rings is 1. The molecule has 0 saturated heterocycles. The van der Waals surface area contributed by atoms with Crippen LogP contribution in [0.15, 0.2) is 73.3 Å². The first-order valence-corrected chi connectivity index (χ1v) is 7.76. The molecule has 3 aromatic heterocycles. The van der Waals surface area contributed by atoms with E-state index in [-0.39, 0.29) is 0 Å². The molecule has 3 N–H and O–H groups in total. The molecule has 3 heterocycles. The third-order valence-electron chi connectivity index (χ3n) is 4.00. The molecule has 0 fully saturated rings. The first-order chi connectivity index (χ1) is 11.8. The number of imidazole rings is 1. The van der Waals surface area contributed by atoms with Crippen molar-refractivity contribution in [1.82, 2.24) is 14.4 Å². The minimum atomic E-state index is 0.675. The van der Waals surface area contributed by atoms with Crippen molar-refractivity contribution in [2.75, 3.05) is 11.1 Å². The van der Waals surface area contributed by atoms with E-state index in [9.17, 15) is 0 Å². The minimum Gasteiger partial charge on any atom is -0.384 e. The molecule has 24 heavy (non-hydrogen) atoms. The number of pyridine rings is 2. The van der Waals surface area contributed by atoms with E-state index < -0.39 is 0 Å². The zero-order chi connectivity index (χ0) is 16.4. The van der Waals surface area contributed by atoms with Crippen molar-refractivity contribution >= 4 is 17.2 Å². The number of hydrogen-bond donors (Lipinski definition) is 2. The molecule has 0 amide bonds. The number of fused-ring (bicyclic) bond motifs is 1. The van der Waals surface area contributed by atoms with Crippen molar-refractivity contribution in [2.24, 2.45) is 0 Å². The maximum absolute atomic E-state index is 6.36. The average molecular weight is 315 g/mol. The van der Waals surface area contributed by atoms with Gasteiger partial charge in [0.25, 0.3) is 0 Å². The fraction of sp³-hybridized carbons (Fsp3) is 0.0526. The first-order valence-electron chi connectivity index (χ1n) is 7.76. The Labute approximate surface area is 139 Å². The summed E-state index contributed by atoms with van der Waals surface area (Å²) in [7, 11) is 0. The summed E-state index contributed by atoms with van der Waals surface area (Å²) in [5.74, 6) is 0.681. The highest BCUT2D eigenvalue weighted by molar-refractivity contribution is 5.84. The van der Waals surface area contributed by atoms with Crippen LogP contribution in [0.1, 0.15) is 5.56 Å². The molecule has 0 saturated carbocycles. The summed E-state index contributed by atoms with van der Waals surface area (Å²) < 4.78 is 1.91. The van der Waals surface area contributed by atoms with Crippen LogP contribution in [0.3, 0.4) is 0 Å². The highest BCUT2D eigenvalue weighted by Crippen LogP contribution is 2.31. The average Bonchev–Trinajstić information content (AvgIpc) is 3.13. The molecule has 0 bridgehead atoms. The Morgan fingerprint density at radius 2 is 1.92 bits per heavy atom. The number of rotatable bonds is 4. The van der Waals surface area contributed by atoms with Gasteiger partial charge in [0.15, 0.2) is 5.65 Å². The van der Waals surface area contributed by atoms with E-state index in [1.807, 2.05) is 47.1 Å². The van der Waals surface area contributed by atoms with Gasteiger partial charge in [0.05, 0.1) is 5.69 Å². The second-order valence-electron chi connectivity index (χ2n) is 5.56. The van der Waals surface area contributed by atoms with Gasteiger partial charge in [-0.15, -0.1) is 0 Å². The minimum absolute atomic E-state index is 0.675. The number of nitrogens with one attached hydrogen (secondary N) is 1. The number of hydrogen-bond acceptors (Lipinski definition) is 4. The molecule has 1 aromatic carbocycles. The maximum Gasteiger partial charge on any atom is 0.161 e. The Bertz CT molecular complexity index is 961. The molecule has 0 aliphatic carbocycles. The van der Waals surface area contributed by atoms with Crippen LogP contribution in [0.4, 0.5) is 11.5 Å². The molecule has 0 unspecified atom stereocenters. The lowest BCUT2D eigenvalue weighted by Gasteiger charge is -2.14. The van der Waals surface area contributed by atoms with Crippen molar-refractivity contribution in [2.45, 2.75) is 6.54 Å². The molecular formula is C19H17N5. The van der Waals surface area contributed by atoms with E-state index in [1.165, 1.54) is 0 Å². The van der Waals surface area contributed by atoms with Crippen LogP contribution in [0, 0.1) is 0 Å². The van der Waals surface area contributed by atoms with Crippen LogP contribution < -0.4 is 11.1 Å². The van der Waals surface area contributed by atoms with Crippen LogP contribution >= 0.6 is 0 Å². The number of aromatic nitrogens is 3. The summed E-state index contributed by atoms with van der Waals surface area (Å²) in [6.07, 6.45) is 7.26. The number of nitrogens with zero attached hydrogens (tertiary/aromatic N) is 3. The van der Waals surface area contributed by atoms with E-state index >= 15 is 0 Å². The molecule has 0 radical (unpaired) electrons. The lowest BCUT2D eigenvalue weighted by Crippen LogP contribution is -2.05.